The SMILES string of the molecule is C[C@@H]1c2nc3ccc(B4OC(C)(C)C(C)(C)O4)cc3n2-c2c(OC(F)F)cccc2C(=O)N1C. The van der Waals surface area contributed by atoms with E-state index in [0.29, 0.717) is 16.9 Å². The molecule has 2 aromatic carbocycles. The summed E-state index contributed by atoms with van der Waals surface area (Å²) in [7, 11) is 1.06. The van der Waals surface area contributed by atoms with Crippen LogP contribution in [0.5, 0.6) is 5.75 Å². The molecule has 2 aliphatic rings. The highest BCUT2D eigenvalue weighted by atomic mass is 19.3. The maximum Gasteiger partial charge on any atom is 0.494 e. The van der Waals surface area contributed by atoms with Crippen LogP contribution in [0.25, 0.3) is 16.7 Å². The number of aromatic nitrogens is 2. The van der Waals surface area contributed by atoms with Crippen LogP contribution in [0.4, 0.5) is 8.78 Å². The third-order valence-corrected chi connectivity index (χ3v) is 7.17. The van der Waals surface area contributed by atoms with E-state index in [2.05, 4.69) is 0 Å². The summed E-state index contributed by atoms with van der Waals surface area (Å²) < 4.78 is 45.6. The maximum atomic E-state index is 13.3. The fourth-order valence-corrected chi connectivity index (χ4v) is 4.41. The van der Waals surface area contributed by atoms with Crippen molar-refractivity contribution in [3.05, 3.63) is 47.8 Å². The average molecular weight is 469 g/mol. The van der Waals surface area contributed by atoms with Crippen molar-refractivity contribution < 1.29 is 27.6 Å². The van der Waals surface area contributed by atoms with Crippen LogP contribution in [-0.4, -0.2) is 52.3 Å². The molecule has 1 fully saturated rings. The zero-order valence-corrected chi connectivity index (χ0v) is 19.9. The number of ether oxygens (including phenoxy) is 1. The van der Waals surface area contributed by atoms with E-state index < -0.39 is 31.0 Å². The Bertz CT molecular complexity index is 1290. The minimum atomic E-state index is -3.04. The number of benzene rings is 2. The predicted molar refractivity (Wildman–Crippen MR) is 124 cm³/mol. The molecule has 1 amide bonds. The molecule has 3 aromatic rings. The Morgan fingerprint density at radius 3 is 2.44 bits per heavy atom. The standard InChI is InChI=1S/C24H26BF2N3O4/c1-13-20-28-16-11-10-14(25-33-23(2,3)24(4,5)34-25)12-17(16)30(20)19-15(21(31)29(13)6)8-7-9-18(19)32-22(26)27/h7-13,22H,1-6H3/t13-/m1/s1. The van der Waals surface area contributed by atoms with Gasteiger partial charge in [0.2, 0.25) is 0 Å². The molecule has 1 atom stereocenters. The number of hydrogen-bond donors (Lipinski definition) is 0. The molecule has 2 aliphatic heterocycles. The Kier molecular flexibility index (Phi) is 5.04. The molecule has 7 nitrogen and oxygen atoms in total. The first-order valence-corrected chi connectivity index (χ1v) is 11.1. The second-order valence-corrected chi connectivity index (χ2v) is 9.76. The number of halogens is 2. The van der Waals surface area contributed by atoms with E-state index in [4.69, 9.17) is 19.0 Å². The zero-order chi connectivity index (χ0) is 24.6. The Labute approximate surface area is 196 Å². The van der Waals surface area contributed by atoms with Crippen molar-refractivity contribution in [2.24, 2.45) is 0 Å². The molecule has 34 heavy (non-hydrogen) atoms. The van der Waals surface area contributed by atoms with Crippen molar-refractivity contribution in [3.8, 4) is 11.4 Å². The lowest BCUT2D eigenvalue weighted by Crippen LogP contribution is -2.41. The third kappa shape index (κ3) is 3.31. The zero-order valence-electron chi connectivity index (χ0n) is 19.9. The molecule has 0 saturated carbocycles. The molecule has 1 aromatic heterocycles. The Morgan fingerprint density at radius 2 is 1.79 bits per heavy atom. The lowest BCUT2D eigenvalue weighted by Gasteiger charge is -2.32. The van der Waals surface area contributed by atoms with Crippen LogP contribution in [0.15, 0.2) is 36.4 Å². The molecule has 0 bridgehead atoms. The van der Waals surface area contributed by atoms with E-state index in [1.165, 1.54) is 12.1 Å². The normalized spacial score (nSPS) is 21.1. The second-order valence-electron chi connectivity index (χ2n) is 9.76. The molecule has 5 rings (SSSR count). The summed E-state index contributed by atoms with van der Waals surface area (Å²) in [6.45, 7) is 6.71. The lowest BCUT2D eigenvalue weighted by molar-refractivity contribution is -0.0498. The van der Waals surface area contributed by atoms with Gasteiger partial charge >= 0.3 is 13.7 Å². The van der Waals surface area contributed by atoms with Crippen LogP contribution in [0.1, 0.15) is 56.8 Å². The molecule has 0 spiro atoms. The van der Waals surface area contributed by atoms with E-state index in [1.807, 2.05) is 52.8 Å². The molecule has 0 unspecified atom stereocenters. The molecular formula is C24H26BF2N3O4. The van der Waals surface area contributed by atoms with E-state index in [0.717, 1.165) is 5.46 Å². The highest BCUT2D eigenvalue weighted by Crippen LogP contribution is 2.40. The van der Waals surface area contributed by atoms with Crippen molar-refractivity contribution in [3.63, 3.8) is 0 Å². The number of para-hydroxylation sites is 1. The number of rotatable bonds is 3. The molecule has 178 valence electrons. The predicted octanol–water partition coefficient (Wildman–Crippen LogP) is 4.07. The highest BCUT2D eigenvalue weighted by Gasteiger charge is 2.51. The maximum absolute atomic E-state index is 13.3. The molecule has 10 heteroatoms. The fourth-order valence-electron chi connectivity index (χ4n) is 4.41. The molecule has 3 heterocycles. The molecule has 0 aliphatic carbocycles. The molecular weight excluding hydrogens is 443 g/mol. The monoisotopic (exact) mass is 469 g/mol. The van der Waals surface area contributed by atoms with Crippen LogP contribution in [0.2, 0.25) is 0 Å². The number of hydrogen-bond acceptors (Lipinski definition) is 5. The minimum absolute atomic E-state index is 0.0927. The smallest absolute Gasteiger partial charge is 0.433 e. The van der Waals surface area contributed by atoms with E-state index in [-0.39, 0.29) is 22.9 Å². The molecule has 0 N–H and O–H groups in total. The first-order chi connectivity index (χ1) is 15.9. The van der Waals surface area contributed by atoms with Crippen LogP contribution in [0, 0.1) is 0 Å². The van der Waals surface area contributed by atoms with Crippen molar-refractivity contribution in [2.45, 2.75) is 58.5 Å². The number of carbonyl (C=O) groups excluding carboxylic acids is 1. The first kappa shape index (κ1) is 22.8. The van der Waals surface area contributed by atoms with Crippen LogP contribution in [-0.2, 0) is 9.31 Å². The van der Waals surface area contributed by atoms with E-state index >= 15 is 0 Å². The Balaban J connectivity index is 1.75. The van der Waals surface area contributed by atoms with Gasteiger partial charge in [-0.1, -0.05) is 12.1 Å². The summed E-state index contributed by atoms with van der Waals surface area (Å²) in [5.41, 5.74) is 1.52. The summed E-state index contributed by atoms with van der Waals surface area (Å²) >= 11 is 0. The van der Waals surface area contributed by atoms with Gasteiger partial charge in [0.15, 0.2) is 5.75 Å². The Morgan fingerprint density at radius 1 is 1.12 bits per heavy atom. The van der Waals surface area contributed by atoms with Crippen molar-refractivity contribution >= 4 is 29.5 Å². The number of nitrogens with zero attached hydrogens (tertiary/aromatic N) is 3. The van der Waals surface area contributed by atoms with Gasteiger partial charge in [-0.05, 0) is 64.3 Å². The van der Waals surface area contributed by atoms with Gasteiger partial charge in [-0.25, -0.2) is 4.98 Å². The number of alkyl halides is 2. The number of imidazole rings is 1. The molecule has 1 saturated heterocycles. The van der Waals surface area contributed by atoms with Crippen LogP contribution < -0.4 is 10.2 Å². The van der Waals surface area contributed by atoms with Gasteiger partial charge in [0.25, 0.3) is 5.91 Å². The van der Waals surface area contributed by atoms with Gasteiger partial charge in [-0.3, -0.25) is 9.36 Å². The number of fused-ring (bicyclic) bond motifs is 5. The summed E-state index contributed by atoms with van der Waals surface area (Å²) in [6.07, 6.45) is 0. The number of amides is 1. The molecule has 0 radical (unpaired) electrons. The second kappa shape index (κ2) is 7.51. The van der Waals surface area contributed by atoms with Crippen molar-refractivity contribution in [2.75, 3.05) is 7.05 Å². The first-order valence-electron chi connectivity index (χ1n) is 11.1. The van der Waals surface area contributed by atoms with Crippen molar-refractivity contribution in [1.29, 1.82) is 0 Å². The summed E-state index contributed by atoms with van der Waals surface area (Å²) in [5, 5.41) is 0. The summed E-state index contributed by atoms with van der Waals surface area (Å²) in [6, 6.07) is 9.78. The van der Waals surface area contributed by atoms with Crippen LogP contribution in [0.3, 0.4) is 0 Å². The highest BCUT2D eigenvalue weighted by molar-refractivity contribution is 6.62. The van der Waals surface area contributed by atoms with Gasteiger partial charge in [-0.15, -0.1) is 0 Å². The third-order valence-electron chi connectivity index (χ3n) is 7.17. The van der Waals surface area contributed by atoms with Crippen LogP contribution >= 0.6 is 0 Å². The van der Waals surface area contributed by atoms with Gasteiger partial charge in [0.05, 0.1) is 33.8 Å². The minimum Gasteiger partial charge on any atom is -0.433 e. The largest absolute Gasteiger partial charge is 0.494 e. The van der Waals surface area contributed by atoms with Gasteiger partial charge in [-0.2, -0.15) is 8.78 Å². The van der Waals surface area contributed by atoms with Gasteiger partial charge < -0.3 is 18.9 Å². The fraction of sp³-hybridized carbons (Fsp3) is 0.417. The quantitative estimate of drug-likeness (QED) is 0.542. The van der Waals surface area contributed by atoms with Gasteiger partial charge in [0, 0.05) is 7.05 Å². The van der Waals surface area contributed by atoms with E-state index in [1.54, 1.807) is 22.6 Å². The summed E-state index contributed by atoms with van der Waals surface area (Å²) in [5.74, 6) is 0.147. The van der Waals surface area contributed by atoms with E-state index in [9.17, 15) is 13.6 Å². The topological polar surface area (TPSA) is 65.8 Å². The average Bonchev–Trinajstić information content (AvgIpc) is 3.21. The van der Waals surface area contributed by atoms with Gasteiger partial charge in [0.1, 0.15) is 11.5 Å². The summed E-state index contributed by atoms with van der Waals surface area (Å²) in [4.78, 5) is 19.5. The number of carbonyl (C=O) groups is 1. The van der Waals surface area contributed by atoms with Crippen molar-refractivity contribution in [1.82, 2.24) is 14.5 Å². The lowest BCUT2D eigenvalue weighted by atomic mass is 9.79. The Hall–Kier alpha value is -2.98.